The van der Waals surface area contributed by atoms with Gasteiger partial charge < -0.3 is 14.3 Å². The normalized spacial score (nSPS) is 15.2. The van der Waals surface area contributed by atoms with Crippen LogP contribution in [-0.4, -0.2) is 42.8 Å². The van der Waals surface area contributed by atoms with Gasteiger partial charge in [0, 0.05) is 36.3 Å². The molecule has 3 rings (SSSR count). The third-order valence-electron chi connectivity index (χ3n) is 4.67. The molecule has 1 unspecified atom stereocenters. The maximum Gasteiger partial charge on any atom is 0.416 e. The molecule has 0 amide bonds. The van der Waals surface area contributed by atoms with Crippen molar-refractivity contribution >= 4 is 12.3 Å². The second-order valence-corrected chi connectivity index (χ2v) is 6.87. The minimum absolute atomic E-state index is 0.197. The van der Waals surface area contributed by atoms with Gasteiger partial charge in [0.05, 0.1) is 19.3 Å². The van der Waals surface area contributed by atoms with Gasteiger partial charge in [-0.3, -0.25) is 0 Å². The van der Waals surface area contributed by atoms with Crippen molar-refractivity contribution in [3.05, 3.63) is 77.4 Å². The maximum atomic E-state index is 14.3. The van der Waals surface area contributed by atoms with E-state index in [0.717, 1.165) is 12.2 Å². The number of nitrogens with zero attached hydrogens (tertiary/aromatic N) is 3. The number of halogens is 4. The molecule has 6 nitrogen and oxygen atoms in total. The molecule has 188 valence electrons. The lowest BCUT2D eigenvalue weighted by atomic mass is 9.98. The van der Waals surface area contributed by atoms with Crippen LogP contribution in [0.2, 0.25) is 0 Å². The van der Waals surface area contributed by atoms with E-state index < -0.39 is 17.9 Å². The standard InChI is InChI=1S/C23H21F4N3O3.C2H6/c1-28-33-20-13-21(31-2)19(15-4-5-17(23(25,26)27)12-18(24)10-15)11-16(20)6-9-32-14-22-29-7-3-8-30-22;1-2/h3-5,7-8,10-13,18H,1,6,9,14H2,2H3;1-2H3. The van der Waals surface area contributed by atoms with Crippen LogP contribution in [0.5, 0.6) is 11.5 Å². The Balaban J connectivity index is 0.00000210. The average molecular weight is 494 g/mol. The van der Waals surface area contributed by atoms with Crippen molar-refractivity contribution in [2.24, 2.45) is 5.16 Å². The highest BCUT2D eigenvalue weighted by molar-refractivity contribution is 5.80. The highest BCUT2D eigenvalue weighted by Crippen LogP contribution is 2.37. The molecule has 2 aromatic rings. The number of aromatic nitrogens is 2. The molecule has 0 radical (unpaired) electrons. The van der Waals surface area contributed by atoms with E-state index in [9.17, 15) is 17.6 Å². The van der Waals surface area contributed by atoms with Gasteiger partial charge in [0.1, 0.15) is 18.5 Å². The predicted molar refractivity (Wildman–Crippen MR) is 126 cm³/mol. The van der Waals surface area contributed by atoms with Crippen molar-refractivity contribution < 1.29 is 31.9 Å². The third-order valence-corrected chi connectivity index (χ3v) is 4.67. The van der Waals surface area contributed by atoms with E-state index in [1.165, 1.54) is 19.3 Å². The summed E-state index contributed by atoms with van der Waals surface area (Å²) in [5, 5.41) is 3.44. The number of allylic oxidation sites excluding steroid dienone is 6. The summed E-state index contributed by atoms with van der Waals surface area (Å²) in [7, 11) is 1.39. The average Bonchev–Trinajstić information content (AvgIpc) is 3.06. The number of hydrogen-bond acceptors (Lipinski definition) is 6. The first-order valence-electron chi connectivity index (χ1n) is 10.8. The molecule has 1 aliphatic rings. The first kappa shape index (κ1) is 27.7. The quantitative estimate of drug-likeness (QED) is 0.184. The van der Waals surface area contributed by atoms with Gasteiger partial charge in [-0.05, 0) is 42.4 Å². The van der Waals surface area contributed by atoms with Gasteiger partial charge >= 0.3 is 6.18 Å². The number of hydrogen-bond donors (Lipinski definition) is 0. The number of oxime groups is 1. The first-order valence-corrected chi connectivity index (χ1v) is 10.8. The fraction of sp³-hybridized carbons (Fsp3) is 0.320. The summed E-state index contributed by atoms with van der Waals surface area (Å²) in [6, 6.07) is 4.85. The fourth-order valence-corrected chi connectivity index (χ4v) is 3.15. The number of alkyl halides is 4. The van der Waals surface area contributed by atoms with Crippen LogP contribution in [0.3, 0.4) is 0 Å². The molecule has 1 aromatic carbocycles. The van der Waals surface area contributed by atoms with Crippen LogP contribution < -0.4 is 9.57 Å². The van der Waals surface area contributed by atoms with Crippen LogP contribution in [0.25, 0.3) is 5.57 Å². The van der Waals surface area contributed by atoms with Crippen molar-refractivity contribution in [2.75, 3.05) is 13.7 Å². The minimum atomic E-state index is -4.66. The number of ether oxygens (including phenoxy) is 2. The maximum absolute atomic E-state index is 14.3. The highest BCUT2D eigenvalue weighted by atomic mass is 19.4. The van der Waals surface area contributed by atoms with Gasteiger partial charge in [0.15, 0.2) is 11.6 Å². The first-order chi connectivity index (χ1) is 16.8. The fourth-order valence-electron chi connectivity index (χ4n) is 3.15. The Morgan fingerprint density at radius 1 is 1.06 bits per heavy atom. The molecule has 0 bridgehead atoms. The Morgan fingerprint density at radius 3 is 2.40 bits per heavy atom. The largest absolute Gasteiger partial charge is 0.496 e. The molecule has 0 fully saturated rings. The van der Waals surface area contributed by atoms with E-state index in [1.54, 1.807) is 24.5 Å². The smallest absolute Gasteiger partial charge is 0.416 e. The Kier molecular flexibility index (Phi) is 10.6. The van der Waals surface area contributed by atoms with Crippen molar-refractivity contribution in [1.82, 2.24) is 9.97 Å². The molecule has 0 saturated carbocycles. The minimum Gasteiger partial charge on any atom is -0.496 e. The second kappa shape index (κ2) is 13.4. The Hall–Kier alpha value is -3.53. The zero-order valence-electron chi connectivity index (χ0n) is 19.7. The molecule has 1 atom stereocenters. The zero-order valence-corrected chi connectivity index (χ0v) is 19.7. The molecule has 0 spiro atoms. The van der Waals surface area contributed by atoms with E-state index in [2.05, 4.69) is 21.8 Å². The lowest BCUT2D eigenvalue weighted by molar-refractivity contribution is -0.0886. The Bertz CT molecular complexity index is 1070. The van der Waals surface area contributed by atoms with Gasteiger partial charge in [-0.1, -0.05) is 25.1 Å². The molecule has 1 aromatic heterocycles. The van der Waals surface area contributed by atoms with Crippen LogP contribution >= 0.6 is 0 Å². The molecule has 10 heteroatoms. The Morgan fingerprint density at radius 2 is 1.77 bits per heavy atom. The monoisotopic (exact) mass is 493 g/mol. The van der Waals surface area contributed by atoms with Crippen LogP contribution in [0, 0.1) is 0 Å². The van der Waals surface area contributed by atoms with Gasteiger partial charge in [0.2, 0.25) is 0 Å². The SMILES string of the molecule is C=NOc1cc(OC)c(C2=CC(F)C=C(C(F)(F)F)C=C2)cc1CCOCc1ncccn1.CC. The van der Waals surface area contributed by atoms with Crippen molar-refractivity contribution in [1.29, 1.82) is 0 Å². The number of rotatable bonds is 9. The summed E-state index contributed by atoms with van der Waals surface area (Å²) in [5.74, 6) is 1.12. The highest BCUT2D eigenvalue weighted by Gasteiger charge is 2.33. The topological polar surface area (TPSA) is 65.8 Å². The molecule has 1 aliphatic carbocycles. The number of methoxy groups -OCH3 is 1. The van der Waals surface area contributed by atoms with Gasteiger partial charge in [-0.15, -0.1) is 0 Å². The zero-order chi connectivity index (χ0) is 25.8. The van der Waals surface area contributed by atoms with Crippen LogP contribution in [-0.2, 0) is 17.8 Å². The molecular weight excluding hydrogens is 466 g/mol. The lowest BCUT2D eigenvalue weighted by Crippen LogP contribution is -2.11. The van der Waals surface area contributed by atoms with E-state index in [0.29, 0.717) is 35.2 Å². The van der Waals surface area contributed by atoms with E-state index in [1.807, 2.05) is 13.8 Å². The molecule has 35 heavy (non-hydrogen) atoms. The van der Waals surface area contributed by atoms with Gasteiger partial charge in [-0.25, -0.2) is 14.4 Å². The summed E-state index contributed by atoms with van der Waals surface area (Å²) >= 11 is 0. The summed E-state index contributed by atoms with van der Waals surface area (Å²) in [6.07, 6.45) is 0.632. The van der Waals surface area contributed by atoms with Crippen molar-refractivity contribution in [2.45, 2.75) is 39.2 Å². The molecule has 0 saturated heterocycles. The van der Waals surface area contributed by atoms with Crippen LogP contribution in [0.1, 0.15) is 30.8 Å². The van der Waals surface area contributed by atoms with E-state index in [-0.39, 0.29) is 24.5 Å². The molecule has 0 N–H and O–H groups in total. The van der Waals surface area contributed by atoms with Crippen LogP contribution in [0.15, 0.2) is 65.6 Å². The predicted octanol–water partition coefficient (Wildman–Crippen LogP) is 6.05. The second-order valence-electron chi connectivity index (χ2n) is 6.87. The van der Waals surface area contributed by atoms with E-state index >= 15 is 0 Å². The van der Waals surface area contributed by atoms with Crippen molar-refractivity contribution in [3.63, 3.8) is 0 Å². The van der Waals surface area contributed by atoms with Crippen LogP contribution in [0.4, 0.5) is 17.6 Å². The van der Waals surface area contributed by atoms with Gasteiger partial charge in [-0.2, -0.15) is 13.2 Å². The molecule has 0 aliphatic heterocycles. The summed E-state index contributed by atoms with van der Waals surface area (Å²) < 4.78 is 64.5. The summed E-state index contributed by atoms with van der Waals surface area (Å²) in [6.45, 7) is 7.77. The summed E-state index contributed by atoms with van der Waals surface area (Å²) in [4.78, 5) is 13.4. The van der Waals surface area contributed by atoms with Crippen molar-refractivity contribution in [3.8, 4) is 11.5 Å². The van der Waals surface area contributed by atoms with Gasteiger partial charge in [0.25, 0.3) is 0 Å². The Labute approximate surface area is 201 Å². The molecule has 1 heterocycles. The lowest BCUT2D eigenvalue weighted by Gasteiger charge is -2.15. The summed E-state index contributed by atoms with van der Waals surface area (Å²) in [5.41, 5.74) is 0.178. The number of benzene rings is 1. The van der Waals surface area contributed by atoms with E-state index in [4.69, 9.17) is 14.3 Å². The molecular formula is C25H27F4N3O3. The third kappa shape index (κ3) is 8.03.